The Labute approximate surface area is 72.4 Å². The van der Waals surface area contributed by atoms with Gasteiger partial charge >= 0.3 is 6.16 Å². The SMILES string of the molecule is CCCC1=C(C)OC(=O)OC1C. The summed E-state index contributed by atoms with van der Waals surface area (Å²) in [5.41, 5.74) is 1.09. The van der Waals surface area contributed by atoms with Gasteiger partial charge in [0, 0.05) is 5.57 Å². The van der Waals surface area contributed by atoms with Gasteiger partial charge in [0.25, 0.3) is 0 Å². The van der Waals surface area contributed by atoms with Crippen LogP contribution in [-0.2, 0) is 9.47 Å². The summed E-state index contributed by atoms with van der Waals surface area (Å²) in [4.78, 5) is 10.8. The molecular weight excluding hydrogens is 156 g/mol. The van der Waals surface area contributed by atoms with Crippen LogP contribution >= 0.6 is 0 Å². The van der Waals surface area contributed by atoms with Crippen molar-refractivity contribution in [2.24, 2.45) is 0 Å². The number of carbonyl (C=O) groups excluding carboxylic acids is 1. The van der Waals surface area contributed by atoms with Crippen molar-refractivity contribution in [2.45, 2.75) is 39.7 Å². The number of ether oxygens (including phenoxy) is 2. The molecule has 0 aromatic rings. The number of cyclic esters (lactones) is 2. The first kappa shape index (κ1) is 9.10. The number of carbonyl (C=O) groups is 1. The molecular formula is C9H14O3. The van der Waals surface area contributed by atoms with E-state index in [1.54, 1.807) is 0 Å². The molecule has 0 fully saturated rings. The second kappa shape index (κ2) is 3.61. The quantitative estimate of drug-likeness (QED) is 0.597. The summed E-state index contributed by atoms with van der Waals surface area (Å²) in [5, 5.41) is 0. The van der Waals surface area contributed by atoms with Crippen LogP contribution in [0.4, 0.5) is 4.79 Å². The van der Waals surface area contributed by atoms with Crippen LogP contribution in [0.15, 0.2) is 11.3 Å². The number of allylic oxidation sites excluding steroid dienone is 1. The zero-order chi connectivity index (χ0) is 9.14. The third kappa shape index (κ3) is 1.78. The van der Waals surface area contributed by atoms with Crippen LogP contribution in [0.1, 0.15) is 33.6 Å². The van der Waals surface area contributed by atoms with Crippen LogP contribution in [-0.4, -0.2) is 12.3 Å². The van der Waals surface area contributed by atoms with Crippen molar-refractivity contribution in [1.82, 2.24) is 0 Å². The molecule has 0 aromatic heterocycles. The van der Waals surface area contributed by atoms with Gasteiger partial charge in [0.15, 0.2) is 0 Å². The number of hydrogen-bond acceptors (Lipinski definition) is 3. The summed E-state index contributed by atoms with van der Waals surface area (Å²) in [5.74, 6) is 0.709. The zero-order valence-electron chi connectivity index (χ0n) is 7.72. The highest BCUT2D eigenvalue weighted by atomic mass is 16.7. The molecule has 0 aromatic carbocycles. The van der Waals surface area contributed by atoms with Crippen molar-refractivity contribution >= 4 is 6.16 Å². The molecule has 0 radical (unpaired) electrons. The van der Waals surface area contributed by atoms with Gasteiger partial charge in [0.1, 0.15) is 11.9 Å². The van der Waals surface area contributed by atoms with Crippen LogP contribution < -0.4 is 0 Å². The Kier molecular flexibility index (Phi) is 2.74. The van der Waals surface area contributed by atoms with Crippen molar-refractivity contribution in [3.63, 3.8) is 0 Å². The van der Waals surface area contributed by atoms with Crippen LogP contribution in [0, 0.1) is 0 Å². The molecule has 3 nitrogen and oxygen atoms in total. The van der Waals surface area contributed by atoms with Gasteiger partial charge in [-0.25, -0.2) is 4.79 Å². The lowest BCUT2D eigenvalue weighted by Crippen LogP contribution is -2.24. The van der Waals surface area contributed by atoms with Crippen molar-refractivity contribution in [2.75, 3.05) is 0 Å². The van der Waals surface area contributed by atoms with Crippen LogP contribution in [0.5, 0.6) is 0 Å². The summed E-state index contributed by atoms with van der Waals surface area (Å²) in [6.45, 7) is 5.76. The smallest absolute Gasteiger partial charge is 0.426 e. The largest absolute Gasteiger partial charge is 0.514 e. The topological polar surface area (TPSA) is 35.5 Å². The highest BCUT2D eigenvalue weighted by Gasteiger charge is 2.24. The lowest BCUT2D eigenvalue weighted by molar-refractivity contribution is 0.0379. The Balaban J connectivity index is 2.77. The maximum atomic E-state index is 10.8. The normalized spacial score (nSPS) is 23.6. The van der Waals surface area contributed by atoms with Crippen LogP contribution in [0.2, 0.25) is 0 Å². The maximum absolute atomic E-state index is 10.8. The van der Waals surface area contributed by atoms with E-state index in [1.165, 1.54) is 0 Å². The summed E-state index contributed by atoms with van der Waals surface area (Å²) in [6, 6.07) is 0. The standard InChI is InChI=1S/C9H14O3/c1-4-5-8-6(2)11-9(10)12-7(8)3/h6H,4-5H2,1-3H3. The average Bonchev–Trinajstić information content (AvgIpc) is 1.96. The third-order valence-electron chi connectivity index (χ3n) is 1.97. The summed E-state index contributed by atoms with van der Waals surface area (Å²) >= 11 is 0. The van der Waals surface area contributed by atoms with E-state index >= 15 is 0 Å². The second-order valence-electron chi connectivity index (χ2n) is 2.94. The third-order valence-corrected chi connectivity index (χ3v) is 1.97. The Morgan fingerprint density at radius 3 is 2.67 bits per heavy atom. The highest BCUT2D eigenvalue weighted by molar-refractivity contribution is 5.63. The molecule has 1 unspecified atom stereocenters. The minimum atomic E-state index is -0.583. The first-order chi connectivity index (χ1) is 5.65. The number of hydrogen-bond donors (Lipinski definition) is 0. The summed E-state index contributed by atoms with van der Waals surface area (Å²) in [6.07, 6.45) is 1.27. The van der Waals surface area contributed by atoms with Gasteiger partial charge in [-0.1, -0.05) is 13.3 Å². The van der Waals surface area contributed by atoms with Gasteiger partial charge < -0.3 is 9.47 Å². The van der Waals surface area contributed by atoms with Crippen molar-refractivity contribution in [1.29, 1.82) is 0 Å². The van der Waals surface area contributed by atoms with Crippen molar-refractivity contribution in [3.8, 4) is 0 Å². The Morgan fingerprint density at radius 2 is 2.17 bits per heavy atom. The van der Waals surface area contributed by atoms with E-state index in [0.29, 0.717) is 5.76 Å². The van der Waals surface area contributed by atoms with E-state index in [4.69, 9.17) is 9.47 Å². The van der Waals surface area contributed by atoms with Gasteiger partial charge in [0.2, 0.25) is 0 Å². The minimum absolute atomic E-state index is 0.119. The summed E-state index contributed by atoms with van der Waals surface area (Å²) in [7, 11) is 0. The molecule has 0 N–H and O–H groups in total. The van der Waals surface area contributed by atoms with Crippen LogP contribution in [0.3, 0.4) is 0 Å². The second-order valence-corrected chi connectivity index (χ2v) is 2.94. The molecule has 1 atom stereocenters. The molecule has 0 saturated carbocycles. The molecule has 1 heterocycles. The van der Waals surface area contributed by atoms with Gasteiger partial charge in [-0.2, -0.15) is 0 Å². The molecule has 0 amide bonds. The first-order valence-corrected chi connectivity index (χ1v) is 4.23. The monoisotopic (exact) mass is 170 g/mol. The van der Waals surface area contributed by atoms with Crippen molar-refractivity contribution < 1.29 is 14.3 Å². The molecule has 0 saturated heterocycles. The molecule has 1 aliphatic heterocycles. The van der Waals surface area contributed by atoms with Crippen LogP contribution in [0.25, 0.3) is 0 Å². The molecule has 3 heteroatoms. The van der Waals surface area contributed by atoms with E-state index in [0.717, 1.165) is 18.4 Å². The Morgan fingerprint density at radius 1 is 1.50 bits per heavy atom. The molecule has 0 spiro atoms. The molecule has 1 aliphatic rings. The fourth-order valence-corrected chi connectivity index (χ4v) is 1.36. The summed E-state index contributed by atoms with van der Waals surface area (Å²) < 4.78 is 9.74. The molecule has 0 bridgehead atoms. The van der Waals surface area contributed by atoms with E-state index < -0.39 is 6.16 Å². The molecule has 68 valence electrons. The molecule has 1 rings (SSSR count). The predicted octanol–water partition coefficient (Wildman–Crippen LogP) is 2.62. The van der Waals surface area contributed by atoms with Gasteiger partial charge in [-0.3, -0.25) is 0 Å². The first-order valence-electron chi connectivity index (χ1n) is 4.23. The zero-order valence-corrected chi connectivity index (χ0v) is 7.72. The predicted molar refractivity (Wildman–Crippen MR) is 44.6 cm³/mol. The highest BCUT2D eigenvalue weighted by Crippen LogP contribution is 2.23. The van der Waals surface area contributed by atoms with Gasteiger partial charge in [-0.15, -0.1) is 0 Å². The van der Waals surface area contributed by atoms with Gasteiger partial charge in [-0.05, 0) is 20.3 Å². The Bertz CT molecular complexity index is 218. The van der Waals surface area contributed by atoms with E-state index in [9.17, 15) is 4.79 Å². The van der Waals surface area contributed by atoms with Gasteiger partial charge in [0.05, 0.1) is 0 Å². The maximum Gasteiger partial charge on any atom is 0.514 e. The minimum Gasteiger partial charge on any atom is -0.426 e. The fourth-order valence-electron chi connectivity index (χ4n) is 1.36. The lowest BCUT2D eigenvalue weighted by Gasteiger charge is -2.23. The van der Waals surface area contributed by atoms with Crippen molar-refractivity contribution in [3.05, 3.63) is 11.3 Å². The lowest BCUT2D eigenvalue weighted by atomic mass is 10.0. The van der Waals surface area contributed by atoms with E-state index in [1.807, 2.05) is 13.8 Å². The average molecular weight is 170 g/mol. The van der Waals surface area contributed by atoms with E-state index in [-0.39, 0.29) is 6.10 Å². The number of rotatable bonds is 2. The fraction of sp³-hybridized carbons (Fsp3) is 0.667. The van der Waals surface area contributed by atoms with E-state index in [2.05, 4.69) is 6.92 Å². The Hall–Kier alpha value is -0.990. The molecule has 12 heavy (non-hydrogen) atoms. The molecule has 0 aliphatic carbocycles.